The summed E-state index contributed by atoms with van der Waals surface area (Å²) < 4.78 is 33.3. The highest BCUT2D eigenvalue weighted by molar-refractivity contribution is 7.92. The molecule has 1 aromatic carbocycles. The highest BCUT2D eigenvalue weighted by atomic mass is 32.2. The highest BCUT2D eigenvalue weighted by Crippen LogP contribution is 2.22. The van der Waals surface area contributed by atoms with E-state index in [9.17, 15) is 13.2 Å². The molecule has 3 rings (SSSR count). The van der Waals surface area contributed by atoms with Gasteiger partial charge in [0.15, 0.2) is 0 Å². The molecule has 1 fully saturated rings. The molecule has 1 aliphatic heterocycles. The summed E-state index contributed by atoms with van der Waals surface area (Å²) >= 11 is 0. The van der Waals surface area contributed by atoms with Crippen LogP contribution in [-0.2, 0) is 10.0 Å². The lowest BCUT2D eigenvalue weighted by Crippen LogP contribution is -2.32. The molecule has 0 bridgehead atoms. The van der Waals surface area contributed by atoms with Crippen LogP contribution in [0.5, 0.6) is 5.75 Å². The Morgan fingerprint density at radius 3 is 2.83 bits per heavy atom. The van der Waals surface area contributed by atoms with Gasteiger partial charge in [-0.1, -0.05) is 12.1 Å². The number of nitrogens with zero attached hydrogens (tertiary/aromatic N) is 2. The summed E-state index contributed by atoms with van der Waals surface area (Å²) in [5.41, 5.74) is 0.361. The number of likely N-dealkylation sites (tertiary alicyclic amines) is 1. The average Bonchev–Trinajstić information content (AvgIpc) is 3.12. The maximum absolute atomic E-state index is 12.9. The zero-order chi connectivity index (χ0) is 20.9. The third kappa shape index (κ3) is 5.24. The van der Waals surface area contributed by atoms with Crippen molar-refractivity contribution in [1.29, 1.82) is 0 Å². The maximum atomic E-state index is 12.9. The third-order valence-corrected chi connectivity index (χ3v) is 6.50. The fourth-order valence-electron chi connectivity index (χ4n) is 3.48. The predicted molar refractivity (Wildman–Crippen MR) is 111 cm³/mol. The molecule has 0 radical (unpaired) electrons. The number of hydrogen-bond donors (Lipinski definition) is 2. The number of amides is 1. The molecule has 156 valence electrons. The van der Waals surface area contributed by atoms with Gasteiger partial charge in [-0.15, -0.1) is 0 Å². The maximum Gasteiger partial charge on any atom is 0.262 e. The number of hydrogen-bond acceptors (Lipinski definition) is 6. The van der Waals surface area contributed by atoms with E-state index in [-0.39, 0.29) is 16.1 Å². The molecular formula is C20H26N4O4S. The van der Waals surface area contributed by atoms with Crippen LogP contribution >= 0.6 is 0 Å². The van der Waals surface area contributed by atoms with E-state index in [0.29, 0.717) is 18.3 Å². The van der Waals surface area contributed by atoms with Gasteiger partial charge in [0, 0.05) is 18.7 Å². The van der Waals surface area contributed by atoms with Crippen molar-refractivity contribution in [2.24, 2.45) is 0 Å². The number of carbonyl (C=O) groups is 1. The summed E-state index contributed by atoms with van der Waals surface area (Å²) in [6, 6.07) is 8.13. The number of methoxy groups -OCH3 is 1. The van der Waals surface area contributed by atoms with Crippen LogP contribution in [0.2, 0.25) is 0 Å². The van der Waals surface area contributed by atoms with Gasteiger partial charge in [-0.2, -0.15) is 0 Å². The summed E-state index contributed by atoms with van der Waals surface area (Å²) in [4.78, 5) is 18.8. The van der Waals surface area contributed by atoms with E-state index in [4.69, 9.17) is 4.74 Å². The smallest absolute Gasteiger partial charge is 0.262 e. The van der Waals surface area contributed by atoms with Crippen LogP contribution in [0.1, 0.15) is 29.6 Å². The molecule has 0 spiro atoms. The molecule has 1 aromatic heterocycles. The van der Waals surface area contributed by atoms with Gasteiger partial charge in [0.2, 0.25) is 0 Å². The van der Waals surface area contributed by atoms with E-state index in [2.05, 4.69) is 27.0 Å². The monoisotopic (exact) mass is 418 g/mol. The van der Waals surface area contributed by atoms with Gasteiger partial charge in [0.1, 0.15) is 10.6 Å². The first-order chi connectivity index (χ1) is 13.9. The number of benzene rings is 1. The summed E-state index contributed by atoms with van der Waals surface area (Å²) in [6.07, 6.45) is 5.98. The number of ether oxygens (including phenoxy) is 1. The van der Waals surface area contributed by atoms with E-state index in [1.54, 1.807) is 12.1 Å². The van der Waals surface area contributed by atoms with Crippen LogP contribution in [0.25, 0.3) is 0 Å². The normalized spacial score (nSPS) is 17.1. The van der Waals surface area contributed by atoms with Crippen molar-refractivity contribution < 1.29 is 17.9 Å². The molecule has 2 N–H and O–H groups in total. The van der Waals surface area contributed by atoms with Gasteiger partial charge in [-0.3, -0.25) is 14.5 Å². The molecule has 1 atom stereocenters. The van der Waals surface area contributed by atoms with Crippen LogP contribution < -0.4 is 14.8 Å². The van der Waals surface area contributed by atoms with Gasteiger partial charge in [-0.25, -0.2) is 8.42 Å². The fourth-order valence-corrected chi connectivity index (χ4v) is 4.72. The van der Waals surface area contributed by atoms with Crippen molar-refractivity contribution >= 4 is 21.6 Å². The van der Waals surface area contributed by atoms with Gasteiger partial charge in [-0.05, 0) is 45.0 Å². The second-order valence-corrected chi connectivity index (χ2v) is 8.69. The fraction of sp³-hybridized carbons (Fsp3) is 0.400. The lowest BCUT2D eigenvalue weighted by atomic mass is 10.1. The molecule has 0 aliphatic carbocycles. The molecule has 8 nitrogen and oxygen atoms in total. The highest BCUT2D eigenvalue weighted by Gasteiger charge is 2.24. The van der Waals surface area contributed by atoms with Crippen LogP contribution in [0.4, 0.5) is 5.69 Å². The van der Waals surface area contributed by atoms with Gasteiger partial charge >= 0.3 is 0 Å². The quantitative estimate of drug-likeness (QED) is 0.681. The minimum atomic E-state index is -3.98. The standard InChI is InChI=1S/C20H26N4O4S/c1-24-11-5-6-16(24)9-10-22-20(25)18-7-3-4-8-19(18)29(26,27)23-15-12-17(28-2)14-21-13-15/h3-4,7-8,12-14,16,23H,5-6,9-11H2,1-2H3,(H,22,25). The molecule has 29 heavy (non-hydrogen) atoms. The number of pyridine rings is 1. The zero-order valence-corrected chi connectivity index (χ0v) is 17.4. The van der Waals surface area contributed by atoms with Gasteiger partial charge in [0.05, 0.1) is 30.8 Å². The molecule has 1 unspecified atom stereocenters. The predicted octanol–water partition coefficient (Wildman–Crippen LogP) is 2.11. The molecule has 9 heteroatoms. The van der Waals surface area contributed by atoms with E-state index >= 15 is 0 Å². The molecule has 2 heterocycles. The Morgan fingerprint density at radius 2 is 2.10 bits per heavy atom. The second kappa shape index (κ2) is 9.23. The van der Waals surface area contributed by atoms with Gasteiger partial charge in [0.25, 0.3) is 15.9 Å². The molecule has 2 aromatic rings. The van der Waals surface area contributed by atoms with E-state index in [0.717, 1.165) is 19.4 Å². The number of aromatic nitrogens is 1. The zero-order valence-electron chi connectivity index (χ0n) is 16.6. The van der Waals surface area contributed by atoms with Crippen LogP contribution in [0, 0.1) is 0 Å². The van der Waals surface area contributed by atoms with Crippen LogP contribution in [-0.4, -0.2) is 57.5 Å². The summed E-state index contributed by atoms with van der Waals surface area (Å²) in [5, 5.41) is 2.85. The van der Waals surface area contributed by atoms with Crippen LogP contribution in [0.15, 0.2) is 47.6 Å². The van der Waals surface area contributed by atoms with Crippen molar-refractivity contribution in [1.82, 2.24) is 15.2 Å². The molecule has 1 amide bonds. The number of carbonyl (C=O) groups excluding carboxylic acids is 1. The lowest BCUT2D eigenvalue weighted by Gasteiger charge is -2.19. The topological polar surface area (TPSA) is 101 Å². The average molecular weight is 419 g/mol. The molecule has 1 aliphatic rings. The third-order valence-electron chi connectivity index (χ3n) is 5.06. The summed E-state index contributed by atoms with van der Waals surface area (Å²) in [7, 11) is -0.424. The second-order valence-electron chi connectivity index (χ2n) is 7.04. The molecular weight excluding hydrogens is 392 g/mol. The minimum absolute atomic E-state index is 0.0849. The van der Waals surface area contributed by atoms with Crippen molar-refractivity contribution in [3.05, 3.63) is 48.3 Å². The SMILES string of the molecule is COc1cncc(NS(=O)(=O)c2ccccc2C(=O)NCCC2CCCN2C)c1. The Hall–Kier alpha value is -2.65. The van der Waals surface area contributed by atoms with E-state index < -0.39 is 15.9 Å². The Morgan fingerprint density at radius 1 is 1.31 bits per heavy atom. The first-order valence-electron chi connectivity index (χ1n) is 9.50. The molecule has 0 saturated carbocycles. The van der Waals surface area contributed by atoms with Crippen molar-refractivity contribution in [2.45, 2.75) is 30.2 Å². The Bertz CT molecular complexity index is 964. The Labute approximate surface area is 171 Å². The molecule has 1 saturated heterocycles. The number of anilines is 1. The Balaban J connectivity index is 1.72. The van der Waals surface area contributed by atoms with E-state index in [1.807, 2.05) is 0 Å². The van der Waals surface area contributed by atoms with Crippen LogP contribution in [0.3, 0.4) is 0 Å². The van der Waals surface area contributed by atoms with E-state index in [1.165, 1.54) is 44.1 Å². The summed E-state index contributed by atoms with van der Waals surface area (Å²) in [6.45, 7) is 1.57. The van der Waals surface area contributed by atoms with Crippen molar-refractivity contribution in [3.8, 4) is 5.75 Å². The lowest BCUT2D eigenvalue weighted by molar-refractivity contribution is 0.0947. The minimum Gasteiger partial charge on any atom is -0.495 e. The number of nitrogens with one attached hydrogen (secondary N) is 2. The largest absolute Gasteiger partial charge is 0.495 e. The van der Waals surface area contributed by atoms with Gasteiger partial charge < -0.3 is 15.0 Å². The first-order valence-corrected chi connectivity index (χ1v) is 11.0. The first kappa shape index (κ1) is 21.1. The van der Waals surface area contributed by atoms with Crippen molar-refractivity contribution in [2.75, 3.05) is 32.0 Å². The number of rotatable bonds is 8. The van der Waals surface area contributed by atoms with Crippen molar-refractivity contribution in [3.63, 3.8) is 0 Å². The number of sulfonamides is 1. The Kier molecular flexibility index (Phi) is 6.71. The summed E-state index contributed by atoms with van der Waals surface area (Å²) in [5.74, 6) is 0.0171.